The number of nitrogens with two attached hydrogens (primary N) is 2. The SMILES string of the molecule is Cc1cc(C(=N)c2cc(N)ccc2N)ccc1F. The van der Waals surface area contributed by atoms with Gasteiger partial charge in [0.2, 0.25) is 0 Å². The Labute approximate surface area is 105 Å². The lowest BCUT2D eigenvalue weighted by atomic mass is 9.99. The van der Waals surface area contributed by atoms with Gasteiger partial charge in [0.1, 0.15) is 5.82 Å². The van der Waals surface area contributed by atoms with Crippen LogP contribution in [0.4, 0.5) is 15.8 Å². The Balaban J connectivity index is 2.47. The van der Waals surface area contributed by atoms with Crippen LogP contribution in [0.3, 0.4) is 0 Å². The van der Waals surface area contributed by atoms with Crippen LogP contribution in [0, 0.1) is 18.2 Å². The van der Waals surface area contributed by atoms with Gasteiger partial charge in [-0.25, -0.2) is 4.39 Å². The molecule has 0 aliphatic rings. The Bertz CT molecular complexity index is 620. The number of nitrogens with one attached hydrogen (secondary N) is 1. The van der Waals surface area contributed by atoms with Gasteiger partial charge in [-0.15, -0.1) is 0 Å². The third-order valence-corrected chi connectivity index (χ3v) is 2.79. The minimum Gasteiger partial charge on any atom is -0.399 e. The Morgan fingerprint density at radius 2 is 1.83 bits per heavy atom. The third-order valence-electron chi connectivity index (χ3n) is 2.79. The maximum atomic E-state index is 13.2. The predicted molar refractivity (Wildman–Crippen MR) is 72.3 cm³/mol. The second kappa shape index (κ2) is 4.49. The summed E-state index contributed by atoms with van der Waals surface area (Å²) in [6.07, 6.45) is 0. The van der Waals surface area contributed by atoms with E-state index in [4.69, 9.17) is 16.9 Å². The molecule has 92 valence electrons. The van der Waals surface area contributed by atoms with Gasteiger partial charge in [0.15, 0.2) is 0 Å². The molecular formula is C14H14FN3. The van der Waals surface area contributed by atoms with Crippen LogP contribution in [0.15, 0.2) is 36.4 Å². The first-order valence-electron chi connectivity index (χ1n) is 5.49. The lowest BCUT2D eigenvalue weighted by molar-refractivity contribution is 0.618. The van der Waals surface area contributed by atoms with Gasteiger partial charge < -0.3 is 11.5 Å². The van der Waals surface area contributed by atoms with Gasteiger partial charge in [-0.2, -0.15) is 0 Å². The molecule has 3 nitrogen and oxygen atoms in total. The standard InChI is InChI=1S/C14H14FN3/c1-8-6-9(2-4-12(8)15)14(18)11-7-10(16)3-5-13(11)17/h2-7,18H,16-17H2,1H3. The number of rotatable bonds is 2. The van der Waals surface area contributed by atoms with Crippen LogP contribution in [0.2, 0.25) is 0 Å². The average Bonchev–Trinajstić information content (AvgIpc) is 2.35. The number of hydrogen-bond donors (Lipinski definition) is 3. The van der Waals surface area contributed by atoms with Crippen molar-refractivity contribution >= 4 is 17.1 Å². The van der Waals surface area contributed by atoms with Gasteiger partial charge in [-0.1, -0.05) is 0 Å². The Hall–Kier alpha value is -2.36. The van der Waals surface area contributed by atoms with E-state index in [2.05, 4.69) is 0 Å². The molecule has 0 aliphatic carbocycles. The lowest BCUT2D eigenvalue weighted by Gasteiger charge is -2.09. The molecule has 2 rings (SSSR count). The van der Waals surface area contributed by atoms with Gasteiger partial charge in [0.25, 0.3) is 0 Å². The molecular weight excluding hydrogens is 229 g/mol. The molecule has 0 radical (unpaired) electrons. The first kappa shape index (κ1) is 12.1. The summed E-state index contributed by atoms with van der Waals surface area (Å²) < 4.78 is 13.2. The zero-order valence-corrected chi connectivity index (χ0v) is 10.00. The highest BCUT2D eigenvalue weighted by Gasteiger charge is 2.10. The van der Waals surface area contributed by atoms with E-state index in [-0.39, 0.29) is 11.5 Å². The number of benzene rings is 2. The molecule has 0 bridgehead atoms. The topological polar surface area (TPSA) is 75.9 Å². The predicted octanol–water partition coefficient (Wildman–Crippen LogP) is 2.71. The van der Waals surface area contributed by atoms with Crippen LogP contribution in [-0.4, -0.2) is 5.71 Å². The van der Waals surface area contributed by atoms with Crippen LogP contribution in [-0.2, 0) is 0 Å². The second-order valence-corrected chi connectivity index (χ2v) is 4.19. The zero-order valence-electron chi connectivity index (χ0n) is 10.00. The van der Waals surface area contributed by atoms with Crippen molar-refractivity contribution in [3.05, 3.63) is 58.9 Å². The Kier molecular flexibility index (Phi) is 3.02. The molecule has 0 aliphatic heterocycles. The van der Waals surface area contributed by atoms with Crippen LogP contribution < -0.4 is 11.5 Å². The van der Waals surface area contributed by atoms with E-state index in [1.807, 2.05) is 0 Å². The molecule has 0 saturated carbocycles. The van der Waals surface area contributed by atoms with E-state index in [9.17, 15) is 4.39 Å². The van der Waals surface area contributed by atoms with Crippen LogP contribution in [0.1, 0.15) is 16.7 Å². The molecule has 4 heteroatoms. The smallest absolute Gasteiger partial charge is 0.126 e. The minimum absolute atomic E-state index is 0.239. The second-order valence-electron chi connectivity index (χ2n) is 4.19. The van der Waals surface area contributed by atoms with Gasteiger partial charge >= 0.3 is 0 Å². The fourth-order valence-corrected chi connectivity index (χ4v) is 1.75. The monoisotopic (exact) mass is 243 g/mol. The van der Waals surface area contributed by atoms with Crippen LogP contribution in [0.25, 0.3) is 0 Å². The van der Waals surface area contributed by atoms with E-state index in [0.29, 0.717) is 28.1 Å². The molecule has 18 heavy (non-hydrogen) atoms. The number of anilines is 2. The molecule has 0 unspecified atom stereocenters. The van der Waals surface area contributed by atoms with Crippen molar-refractivity contribution in [1.29, 1.82) is 5.41 Å². The number of halogens is 1. The molecule has 0 aromatic heterocycles. The van der Waals surface area contributed by atoms with Crippen molar-refractivity contribution < 1.29 is 4.39 Å². The summed E-state index contributed by atoms with van der Waals surface area (Å²) in [7, 11) is 0. The van der Waals surface area contributed by atoms with Crippen LogP contribution >= 0.6 is 0 Å². The summed E-state index contributed by atoms with van der Waals surface area (Å²) in [5.41, 5.74) is 14.4. The number of hydrogen-bond acceptors (Lipinski definition) is 3. The number of aryl methyl sites for hydroxylation is 1. The quantitative estimate of drug-likeness (QED) is 0.560. The van der Waals surface area contributed by atoms with Crippen molar-refractivity contribution in [2.75, 3.05) is 11.5 Å². The van der Waals surface area contributed by atoms with Crippen molar-refractivity contribution in [2.45, 2.75) is 6.92 Å². The molecule has 0 amide bonds. The zero-order chi connectivity index (χ0) is 13.3. The van der Waals surface area contributed by atoms with Gasteiger partial charge in [-0.3, -0.25) is 5.41 Å². The Morgan fingerprint density at radius 1 is 1.11 bits per heavy atom. The summed E-state index contributed by atoms with van der Waals surface area (Å²) in [6, 6.07) is 9.53. The van der Waals surface area contributed by atoms with Gasteiger partial charge in [-0.05, 0) is 48.9 Å². The third kappa shape index (κ3) is 2.18. The summed E-state index contributed by atoms with van der Waals surface area (Å²) in [4.78, 5) is 0. The van der Waals surface area contributed by atoms with E-state index < -0.39 is 0 Å². The van der Waals surface area contributed by atoms with Crippen molar-refractivity contribution in [1.82, 2.24) is 0 Å². The normalized spacial score (nSPS) is 10.3. The van der Waals surface area contributed by atoms with E-state index in [1.54, 1.807) is 37.3 Å². The maximum Gasteiger partial charge on any atom is 0.126 e. The highest BCUT2D eigenvalue weighted by atomic mass is 19.1. The Morgan fingerprint density at radius 3 is 2.50 bits per heavy atom. The average molecular weight is 243 g/mol. The molecule has 2 aromatic carbocycles. The van der Waals surface area contributed by atoms with Crippen molar-refractivity contribution in [2.24, 2.45) is 0 Å². The molecule has 0 heterocycles. The van der Waals surface area contributed by atoms with Gasteiger partial charge in [0.05, 0.1) is 5.71 Å². The first-order valence-corrected chi connectivity index (χ1v) is 5.49. The van der Waals surface area contributed by atoms with E-state index in [1.165, 1.54) is 6.07 Å². The highest BCUT2D eigenvalue weighted by Crippen LogP contribution is 2.20. The highest BCUT2D eigenvalue weighted by molar-refractivity contribution is 6.14. The molecule has 5 N–H and O–H groups in total. The largest absolute Gasteiger partial charge is 0.399 e. The molecule has 0 spiro atoms. The fourth-order valence-electron chi connectivity index (χ4n) is 1.75. The van der Waals surface area contributed by atoms with Crippen molar-refractivity contribution in [3.63, 3.8) is 0 Å². The summed E-state index contributed by atoms with van der Waals surface area (Å²) in [5, 5.41) is 8.12. The van der Waals surface area contributed by atoms with Gasteiger partial charge in [0, 0.05) is 22.5 Å². The molecule has 0 fully saturated rings. The summed E-state index contributed by atoms with van der Waals surface area (Å²) in [5.74, 6) is -0.285. The fraction of sp³-hybridized carbons (Fsp3) is 0.0714. The molecule has 2 aromatic rings. The number of nitrogen functional groups attached to an aromatic ring is 2. The summed E-state index contributed by atoms with van der Waals surface area (Å²) >= 11 is 0. The molecule has 0 saturated heterocycles. The van der Waals surface area contributed by atoms with Crippen molar-refractivity contribution in [3.8, 4) is 0 Å². The lowest BCUT2D eigenvalue weighted by Crippen LogP contribution is -2.07. The van der Waals surface area contributed by atoms with E-state index in [0.717, 1.165) is 0 Å². The van der Waals surface area contributed by atoms with E-state index >= 15 is 0 Å². The summed E-state index contributed by atoms with van der Waals surface area (Å²) in [6.45, 7) is 1.66. The minimum atomic E-state index is -0.285. The maximum absolute atomic E-state index is 13.2. The van der Waals surface area contributed by atoms with Crippen LogP contribution in [0.5, 0.6) is 0 Å². The molecule has 0 atom stereocenters. The first-order chi connectivity index (χ1) is 8.49.